The molecule has 2 aliphatic heterocycles. The highest BCUT2D eigenvalue weighted by molar-refractivity contribution is 9.09. The Morgan fingerprint density at radius 3 is 2.67 bits per heavy atom. The summed E-state index contributed by atoms with van der Waals surface area (Å²) in [6, 6.07) is 0. The Morgan fingerprint density at radius 2 is 2.07 bits per heavy atom. The molecule has 0 aromatic heterocycles. The summed E-state index contributed by atoms with van der Waals surface area (Å²) < 4.78 is 0. The molecule has 0 N–H and O–H groups in total. The van der Waals surface area contributed by atoms with Crippen LogP contribution in [0.2, 0.25) is 0 Å². The van der Waals surface area contributed by atoms with Gasteiger partial charge in [0.15, 0.2) is 0 Å². The van der Waals surface area contributed by atoms with Crippen molar-refractivity contribution in [2.45, 2.75) is 24.6 Å². The van der Waals surface area contributed by atoms with Crippen LogP contribution in [0.15, 0.2) is 0 Å². The molecule has 3 atom stereocenters. The van der Waals surface area contributed by atoms with Crippen molar-refractivity contribution in [1.82, 2.24) is 9.80 Å². The molecule has 3 unspecified atom stereocenters. The fourth-order valence-electron chi connectivity index (χ4n) is 3.07. The summed E-state index contributed by atoms with van der Waals surface area (Å²) in [6.07, 6.45) is 2.75. The second-order valence-corrected chi connectivity index (χ2v) is 6.87. The number of nitrogens with zero attached hydrogens (tertiary/aromatic N) is 2. The van der Waals surface area contributed by atoms with E-state index in [1.807, 2.05) is 0 Å². The number of alkyl halides is 1. The van der Waals surface area contributed by atoms with Crippen LogP contribution in [0, 0.1) is 11.8 Å². The van der Waals surface area contributed by atoms with E-state index >= 15 is 0 Å². The zero-order valence-corrected chi connectivity index (χ0v) is 11.5. The van der Waals surface area contributed by atoms with E-state index in [1.165, 1.54) is 45.6 Å². The standard InChI is InChI=1S/C12H23BrN2/c1-10-5-12(13)9-15(6-10)8-11-3-4-14(2)7-11/h10-12H,3-9H2,1-2H3. The molecule has 0 radical (unpaired) electrons. The molecule has 0 spiro atoms. The molecule has 0 aromatic rings. The number of piperidine rings is 1. The predicted molar refractivity (Wildman–Crippen MR) is 68.5 cm³/mol. The lowest BCUT2D eigenvalue weighted by Crippen LogP contribution is -2.42. The molecule has 0 saturated carbocycles. The maximum Gasteiger partial charge on any atom is 0.0276 e. The Balaban J connectivity index is 1.78. The Hall–Kier alpha value is 0.400. The zero-order valence-electron chi connectivity index (χ0n) is 9.95. The molecule has 15 heavy (non-hydrogen) atoms. The van der Waals surface area contributed by atoms with Crippen molar-refractivity contribution >= 4 is 15.9 Å². The predicted octanol–water partition coefficient (Wildman–Crippen LogP) is 2.04. The zero-order chi connectivity index (χ0) is 10.8. The Kier molecular flexibility index (Phi) is 4.08. The van der Waals surface area contributed by atoms with Crippen LogP contribution < -0.4 is 0 Å². The summed E-state index contributed by atoms with van der Waals surface area (Å²) in [4.78, 5) is 5.85. The van der Waals surface area contributed by atoms with Crippen molar-refractivity contribution in [1.29, 1.82) is 0 Å². The Bertz CT molecular complexity index is 200. The van der Waals surface area contributed by atoms with E-state index < -0.39 is 0 Å². The lowest BCUT2D eigenvalue weighted by atomic mass is 9.98. The first-order chi connectivity index (χ1) is 7.13. The number of rotatable bonds is 2. The van der Waals surface area contributed by atoms with Crippen molar-refractivity contribution in [3.8, 4) is 0 Å². The summed E-state index contributed by atoms with van der Waals surface area (Å²) in [6.45, 7) is 8.86. The fraction of sp³-hybridized carbons (Fsp3) is 1.00. The van der Waals surface area contributed by atoms with E-state index in [9.17, 15) is 0 Å². The molecule has 0 bridgehead atoms. The quantitative estimate of drug-likeness (QED) is 0.712. The van der Waals surface area contributed by atoms with Gasteiger partial charge in [-0.2, -0.15) is 0 Å². The van der Waals surface area contributed by atoms with Gasteiger partial charge in [0.05, 0.1) is 0 Å². The maximum atomic E-state index is 3.78. The molecule has 0 aliphatic carbocycles. The third-order valence-corrected chi connectivity index (χ3v) is 4.35. The minimum Gasteiger partial charge on any atom is -0.306 e. The van der Waals surface area contributed by atoms with E-state index in [2.05, 4.69) is 39.7 Å². The normalized spacial score (nSPS) is 39.8. The SMILES string of the molecule is CC1CC(Br)CN(CC2CCN(C)C2)C1. The van der Waals surface area contributed by atoms with E-state index in [1.54, 1.807) is 0 Å². The smallest absolute Gasteiger partial charge is 0.0276 e. The van der Waals surface area contributed by atoms with E-state index in [0.717, 1.165) is 16.7 Å². The van der Waals surface area contributed by atoms with Crippen LogP contribution in [0.1, 0.15) is 19.8 Å². The first-order valence-electron chi connectivity index (χ1n) is 6.18. The monoisotopic (exact) mass is 274 g/mol. The van der Waals surface area contributed by atoms with Crippen LogP contribution in [0.25, 0.3) is 0 Å². The van der Waals surface area contributed by atoms with Gasteiger partial charge in [0, 0.05) is 31.0 Å². The average molecular weight is 275 g/mol. The van der Waals surface area contributed by atoms with Gasteiger partial charge in [-0.3, -0.25) is 0 Å². The third-order valence-electron chi connectivity index (χ3n) is 3.69. The molecule has 3 heteroatoms. The topological polar surface area (TPSA) is 6.48 Å². The minimum atomic E-state index is 0.723. The van der Waals surface area contributed by atoms with Gasteiger partial charge in [0.2, 0.25) is 0 Å². The third kappa shape index (κ3) is 3.43. The van der Waals surface area contributed by atoms with Gasteiger partial charge in [0.1, 0.15) is 0 Å². The molecule has 2 saturated heterocycles. The van der Waals surface area contributed by atoms with Gasteiger partial charge in [-0.25, -0.2) is 0 Å². The summed E-state index contributed by atoms with van der Waals surface area (Å²) in [7, 11) is 2.24. The number of halogens is 1. The molecule has 88 valence electrons. The largest absolute Gasteiger partial charge is 0.306 e. The molecular weight excluding hydrogens is 252 g/mol. The molecule has 0 amide bonds. The Morgan fingerprint density at radius 1 is 1.27 bits per heavy atom. The first kappa shape index (κ1) is 11.9. The highest BCUT2D eigenvalue weighted by Gasteiger charge is 2.27. The summed E-state index contributed by atoms with van der Waals surface area (Å²) in [5, 5.41) is 0. The lowest BCUT2D eigenvalue weighted by molar-refractivity contribution is 0.166. The molecule has 2 heterocycles. The van der Waals surface area contributed by atoms with Crippen LogP contribution >= 0.6 is 15.9 Å². The first-order valence-corrected chi connectivity index (χ1v) is 7.10. The van der Waals surface area contributed by atoms with E-state index in [4.69, 9.17) is 0 Å². The highest BCUT2D eigenvalue weighted by Crippen LogP contribution is 2.24. The van der Waals surface area contributed by atoms with Gasteiger partial charge in [-0.1, -0.05) is 22.9 Å². The Labute approximate surface area is 102 Å². The molecular formula is C12H23BrN2. The molecule has 2 rings (SSSR count). The highest BCUT2D eigenvalue weighted by atomic mass is 79.9. The maximum absolute atomic E-state index is 3.78. The number of likely N-dealkylation sites (tertiary alicyclic amines) is 2. The lowest BCUT2D eigenvalue weighted by Gasteiger charge is -2.35. The summed E-state index contributed by atoms with van der Waals surface area (Å²) in [5.74, 6) is 1.78. The number of hydrogen-bond donors (Lipinski definition) is 0. The second kappa shape index (κ2) is 5.15. The van der Waals surface area contributed by atoms with Crippen LogP contribution in [-0.2, 0) is 0 Å². The van der Waals surface area contributed by atoms with Crippen molar-refractivity contribution in [2.24, 2.45) is 11.8 Å². The van der Waals surface area contributed by atoms with Crippen molar-refractivity contribution < 1.29 is 0 Å². The van der Waals surface area contributed by atoms with Crippen LogP contribution in [0.4, 0.5) is 0 Å². The van der Waals surface area contributed by atoms with Crippen molar-refractivity contribution in [3.63, 3.8) is 0 Å². The second-order valence-electron chi connectivity index (χ2n) is 5.57. The molecule has 2 fully saturated rings. The number of hydrogen-bond acceptors (Lipinski definition) is 2. The van der Waals surface area contributed by atoms with Gasteiger partial charge >= 0.3 is 0 Å². The average Bonchev–Trinajstić information content (AvgIpc) is 2.49. The summed E-state index contributed by atoms with van der Waals surface area (Å²) >= 11 is 3.78. The molecule has 0 aromatic carbocycles. The van der Waals surface area contributed by atoms with E-state index in [0.29, 0.717) is 0 Å². The van der Waals surface area contributed by atoms with Crippen molar-refractivity contribution in [2.75, 3.05) is 39.8 Å². The minimum absolute atomic E-state index is 0.723. The molecule has 2 nitrogen and oxygen atoms in total. The van der Waals surface area contributed by atoms with Crippen LogP contribution in [-0.4, -0.2) is 54.4 Å². The van der Waals surface area contributed by atoms with Crippen molar-refractivity contribution in [3.05, 3.63) is 0 Å². The summed E-state index contributed by atoms with van der Waals surface area (Å²) in [5.41, 5.74) is 0. The van der Waals surface area contributed by atoms with Gasteiger partial charge in [-0.15, -0.1) is 0 Å². The van der Waals surface area contributed by atoms with Crippen LogP contribution in [0.5, 0.6) is 0 Å². The van der Waals surface area contributed by atoms with Gasteiger partial charge < -0.3 is 9.80 Å². The van der Waals surface area contributed by atoms with E-state index in [-0.39, 0.29) is 0 Å². The van der Waals surface area contributed by atoms with Gasteiger partial charge in [-0.05, 0) is 38.3 Å². The van der Waals surface area contributed by atoms with Crippen LogP contribution in [0.3, 0.4) is 0 Å². The van der Waals surface area contributed by atoms with Gasteiger partial charge in [0.25, 0.3) is 0 Å². The molecule has 2 aliphatic rings. The fourth-order valence-corrected chi connectivity index (χ4v) is 4.12.